The van der Waals surface area contributed by atoms with Gasteiger partial charge in [-0.2, -0.15) is 0 Å². The molecule has 138 valence electrons. The van der Waals surface area contributed by atoms with E-state index < -0.39 is 0 Å². The van der Waals surface area contributed by atoms with Crippen molar-refractivity contribution in [1.29, 1.82) is 0 Å². The molecule has 1 aliphatic carbocycles. The Labute approximate surface area is 148 Å². The Morgan fingerprint density at radius 2 is 1.72 bits per heavy atom. The van der Waals surface area contributed by atoms with Crippen LogP contribution in [-0.2, 0) is 0 Å². The third-order valence-electron chi connectivity index (χ3n) is 5.44. The van der Waals surface area contributed by atoms with Gasteiger partial charge in [-0.25, -0.2) is 9.18 Å². The summed E-state index contributed by atoms with van der Waals surface area (Å²) in [4.78, 5) is 14.4. The summed E-state index contributed by atoms with van der Waals surface area (Å²) in [6.45, 7) is 1.88. The molecule has 0 unspecified atom stereocenters. The van der Waals surface area contributed by atoms with Crippen molar-refractivity contribution >= 4 is 11.7 Å². The third-order valence-corrected chi connectivity index (χ3v) is 5.44. The van der Waals surface area contributed by atoms with Crippen LogP contribution in [0.15, 0.2) is 24.3 Å². The molecule has 25 heavy (non-hydrogen) atoms. The van der Waals surface area contributed by atoms with Crippen LogP contribution in [0.2, 0.25) is 0 Å². The highest BCUT2D eigenvalue weighted by Gasteiger charge is 2.24. The highest BCUT2D eigenvalue weighted by atomic mass is 19.1. The molecule has 2 aliphatic rings. The molecule has 1 aromatic carbocycles. The Morgan fingerprint density at radius 1 is 1.08 bits per heavy atom. The van der Waals surface area contributed by atoms with E-state index in [-0.39, 0.29) is 30.5 Å². The molecule has 1 aromatic rings. The minimum atomic E-state index is -0.215. The van der Waals surface area contributed by atoms with Crippen LogP contribution in [-0.4, -0.2) is 42.9 Å². The number of carbonyl (C=O) groups is 1. The Kier molecular flexibility index (Phi) is 6.13. The Bertz CT molecular complexity index is 568. The largest absolute Gasteiger partial charge is 0.396 e. The van der Waals surface area contributed by atoms with Gasteiger partial charge < -0.3 is 20.6 Å². The molecule has 1 saturated carbocycles. The fourth-order valence-electron chi connectivity index (χ4n) is 3.86. The van der Waals surface area contributed by atoms with E-state index in [9.17, 15) is 14.3 Å². The molecule has 1 heterocycles. The van der Waals surface area contributed by atoms with Gasteiger partial charge in [0, 0.05) is 37.5 Å². The van der Waals surface area contributed by atoms with Crippen molar-refractivity contribution in [3.63, 3.8) is 0 Å². The molecule has 3 rings (SSSR count). The van der Waals surface area contributed by atoms with Gasteiger partial charge in [0.1, 0.15) is 5.82 Å². The topological polar surface area (TPSA) is 64.6 Å². The summed E-state index contributed by atoms with van der Waals surface area (Å²) in [6, 6.07) is 6.96. The molecular weight excluding hydrogens is 321 g/mol. The number of hydrogen-bond donors (Lipinski definition) is 3. The molecule has 2 amide bonds. The number of urea groups is 1. The van der Waals surface area contributed by atoms with Crippen LogP contribution in [0.25, 0.3) is 0 Å². The van der Waals surface area contributed by atoms with Crippen molar-refractivity contribution in [2.45, 2.75) is 50.6 Å². The zero-order chi connectivity index (χ0) is 17.6. The molecule has 5 nitrogen and oxygen atoms in total. The highest BCUT2D eigenvalue weighted by molar-refractivity contribution is 5.74. The number of nitrogens with one attached hydrogen (secondary N) is 2. The first-order valence-corrected chi connectivity index (χ1v) is 9.32. The van der Waals surface area contributed by atoms with E-state index >= 15 is 0 Å². The van der Waals surface area contributed by atoms with Gasteiger partial charge in [-0.3, -0.25) is 0 Å². The summed E-state index contributed by atoms with van der Waals surface area (Å²) in [5, 5.41) is 15.3. The fraction of sp³-hybridized carbons (Fsp3) is 0.632. The third kappa shape index (κ3) is 5.08. The fourth-order valence-corrected chi connectivity index (χ4v) is 3.86. The monoisotopic (exact) mass is 349 g/mol. The first-order chi connectivity index (χ1) is 12.1. The molecule has 0 aromatic heterocycles. The smallest absolute Gasteiger partial charge is 0.315 e. The van der Waals surface area contributed by atoms with Crippen LogP contribution in [0.5, 0.6) is 0 Å². The van der Waals surface area contributed by atoms with Gasteiger partial charge in [0.05, 0.1) is 0 Å². The number of anilines is 1. The predicted octanol–water partition coefficient (Wildman–Crippen LogP) is 2.64. The second-order valence-corrected chi connectivity index (χ2v) is 7.26. The van der Waals surface area contributed by atoms with Gasteiger partial charge in [-0.15, -0.1) is 0 Å². The Balaban J connectivity index is 1.39. The molecule has 6 heteroatoms. The van der Waals surface area contributed by atoms with E-state index in [1.807, 2.05) is 6.07 Å². The molecule has 0 bridgehead atoms. The van der Waals surface area contributed by atoms with Gasteiger partial charge in [0.25, 0.3) is 0 Å². The first-order valence-electron chi connectivity index (χ1n) is 9.32. The summed E-state index contributed by atoms with van der Waals surface area (Å²) in [5.41, 5.74) is 0.906. The lowest BCUT2D eigenvalue weighted by Crippen LogP contribution is -2.50. The standard InChI is InChI=1S/C19H28FN3O2/c20-15-2-1-3-18(12-15)23-10-8-17(9-11-23)22-19(25)21-16-6-4-14(13-24)5-7-16/h1-3,12,14,16-17,24H,4-11,13H2,(H2,21,22,25). The number of aliphatic hydroxyl groups excluding tert-OH is 1. The van der Waals surface area contributed by atoms with E-state index in [1.54, 1.807) is 12.1 Å². The number of hydrogen-bond acceptors (Lipinski definition) is 3. The highest BCUT2D eigenvalue weighted by Crippen LogP contribution is 2.24. The van der Waals surface area contributed by atoms with Gasteiger partial charge in [0.2, 0.25) is 0 Å². The predicted molar refractivity (Wildman–Crippen MR) is 96.1 cm³/mol. The van der Waals surface area contributed by atoms with Gasteiger partial charge >= 0.3 is 6.03 Å². The van der Waals surface area contributed by atoms with Crippen molar-refractivity contribution in [2.75, 3.05) is 24.6 Å². The SMILES string of the molecule is O=C(NC1CCC(CO)CC1)NC1CCN(c2cccc(F)c2)CC1. The zero-order valence-electron chi connectivity index (χ0n) is 14.6. The molecular formula is C19H28FN3O2. The summed E-state index contributed by atoms with van der Waals surface area (Å²) in [5.74, 6) is 0.182. The second-order valence-electron chi connectivity index (χ2n) is 7.26. The average molecular weight is 349 g/mol. The van der Waals surface area contributed by atoms with Crippen molar-refractivity contribution in [3.8, 4) is 0 Å². The number of carbonyl (C=O) groups excluding carboxylic acids is 1. The van der Waals surface area contributed by atoms with Gasteiger partial charge in [-0.05, 0) is 62.6 Å². The maximum atomic E-state index is 13.3. The first kappa shape index (κ1) is 18.0. The van der Waals surface area contributed by atoms with Crippen molar-refractivity contribution < 1.29 is 14.3 Å². The van der Waals surface area contributed by atoms with Crippen LogP contribution in [0, 0.1) is 11.7 Å². The number of rotatable bonds is 4. The minimum Gasteiger partial charge on any atom is -0.396 e. The van der Waals surface area contributed by atoms with Crippen molar-refractivity contribution in [1.82, 2.24) is 10.6 Å². The van der Waals surface area contributed by atoms with E-state index in [0.717, 1.165) is 57.3 Å². The molecule has 1 saturated heterocycles. The molecule has 3 N–H and O–H groups in total. The molecule has 0 radical (unpaired) electrons. The van der Waals surface area contributed by atoms with Crippen molar-refractivity contribution in [3.05, 3.63) is 30.1 Å². The second kappa shape index (κ2) is 8.52. The van der Waals surface area contributed by atoms with E-state index in [2.05, 4.69) is 15.5 Å². The molecule has 1 aliphatic heterocycles. The van der Waals surface area contributed by atoms with E-state index in [4.69, 9.17) is 0 Å². The Morgan fingerprint density at radius 3 is 2.32 bits per heavy atom. The summed E-state index contributed by atoms with van der Waals surface area (Å²) in [6.07, 6.45) is 5.57. The maximum Gasteiger partial charge on any atom is 0.315 e. The van der Waals surface area contributed by atoms with Crippen LogP contribution in [0.1, 0.15) is 38.5 Å². The van der Waals surface area contributed by atoms with Gasteiger partial charge in [0.15, 0.2) is 0 Å². The normalized spacial score (nSPS) is 24.8. The number of aliphatic hydroxyl groups is 1. The van der Waals surface area contributed by atoms with Gasteiger partial charge in [-0.1, -0.05) is 6.07 Å². The number of halogens is 1. The number of amides is 2. The van der Waals surface area contributed by atoms with E-state index in [1.165, 1.54) is 6.07 Å². The zero-order valence-corrected chi connectivity index (χ0v) is 14.6. The summed E-state index contributed by atoms with van der Waals surface area (Å²) in [7, 11) is 0. The summed E-state index contributed by atoms with van der Waals surface area (Å²) < 4.78 is 13.3. The van der Waals surface area contributed by atoms with Crippen LogP contribution < -0.4 is 15.5 Å². The lowest BCUT2D eigenvalue weighted by molar-refractivity contribution is 0.174. The number of piperidine rings is 1. The number of benzene rings is 1. The summed E-state index contributed by atoms with van der Waals surface area (Å²) >= 11 is 0. The molecule has 0 atom stereocenters. The minimum absolute atomic E-state index is 0.0864. The van der Waals surface area contributed by atoms with Crippen molar-refractivity contribution in [2.24, 2.45) is 5.92 Å². The number of nitrogens with zero attached hydrogens (tertiary/aromatic N) is 1. The Hall–Kier alpha value is -1.82. The maximum absolute atomic E-state index is 13.3. The molecule has 2 fully saturated rings. The van der Waals surface area contributed by atoms with Crippen LogP contribution in [0.4, 0.5) is 14.9 Å². The lowest BCUT2D eigenvalue weighted by atomic mass is 9.87. The quantitative estimate of drug-likeness (QED) is 0.783. The van der Waals surface area contributed by atoms with E-state index in [0.29, 0.717) is 5.92 Å². The van der Waals surface area contributed by atoms with Crippen LogP contribution >= 0.6 is 0 Å². The lowest BCUT2D eigenvalue weighted by Gasteiger charge is -2.34. The molecule has 0 spiro atoms. The average Bonchev–Trinajstić information content (AvgIpc) is 2.63. The van der Waals surface area contributed by atoms with Crippen LogP contribution in [0.3, 0.4) is 0 Å².